The minimum atomic E-state index is -3.49. The van der Waals surface area contributed by atoms with Crippen molar-refractivity contribution >= 4 is 39.3 Å². The van der Waals surface area contributed by atoms with Crippen molar-refractivity contribution in [2.45, 2.75) is 36.8 Å². The van der Waals surface area contributed by atoms with Crippen LogP contribution >= 0.6 is 0 Å². The van der Waals surface area contributed by atoms with Crippen LogP contribution in [0.1, 0.15) is 37.0 Å². The van der Waals surface area contributed by atoms with Crippen LogP contribution in [0.5, 0.6) is 0 Å². The van der Waals surface area contributed by atoms with E-state index in [9.17, 15) is 22.8 Å². The lowest BCUT2D eigenvalue weighted by molar-refractivity contribution is -0.121. The largest absolute Gasteiger partial charge is 0.403 e. The minimum Gasteiger partial charge on any atom is -0.403 e. The lowest BCUT2D eigenvalue weighted by Gasteiger charge is -2.14. The zero-order valence-corrected chi connectivity index (χ0v) is 18.6. The number of carbonyl (C=O) groups is 3. The molecule has 1 saturated heterocycles. The van der Waals surface area contributed by atoms with Crippen molar-refractivity contribution in [1.82, 2.24) is 10.2 Å². The van der Waals surface area contributed by atoms with Gasteiger partial charge in [-0.3, -0.25) is 24.6 Å². The Labute approximate surface area is 189 Å². The number of rotatable bonds is 6. The topological polar surface area (TPSA) is 140 Å². The number of anilines is 2. The second kappa shape index (κ2) is 8.58. The highest BCUT2D eigenvalue weighted by Crippen LogP contribution is 2.26. The molecule has 0 spiro atoms. The Morgan fingerprint density at radius 1 is 1.03 bits per heavy atom. The van der Waals surface area contributed by atoms with Crippen molar-refractivity contribution < 1.29 is 27.2 Å². The van der Waals surface area contributed by atoms with Gasteiger partial charge in [-0.1, -0.05) is 17.2 Å². The quantitative estimate of drug-likeness (QED) is 0.545. The number of amides is 3. The number of hydrogen-bond acceptors (Lipinski definition) is 8. The van der Waals surface area contributed by atoms with Gasteiger partial charge in [-0.2, -0.15) is 0 Å². The predicted octanol–water partition coefficient (Wildman–Crippen LogP) is 2.82. The third kappa shape index (κ3) is 4.40. The van der Waals surface area contributed by atoms with E-state index in [0.717, 1.165) is 4.90 Å². The first-order chi connectivity index (χ1) is 15.7. The first-order valence-corrected chi connectivity index (χ1v) is 11.7. The lowest BCUT2D eigenvalue weighted by Crippen LogP contribution is -2.28. The average molecular weight is 468 g/mol. The van der Waals surface area contributed by atoms with Crippen LogP contribution in [0.15, 0.2) is 57.8 Å². The second-order valence-corrected chi connectivity index (χ2v) is 10.2. The van der Waals surface area contributed by atoms with Gasteiger partial charge in [0.2, 0.25) is 17.7 Å². The van der Waals surface area contributed by atoms with E-state index < -0.39 is 21.0 Å². The third-order valence-corrected chi connectivity index (χ3v) is 7.25. The van der Waals surface area contributed by atoms with Crippen molar-refractivity contribution in [3.63, 3.8) is 0 Å². The van der Waals surface area contributed by atoms with Gasteiger partial charge in [0.25, 0.3) is 5.91 Å². The number of sulfone groups is 1. The molecule has 3 aromatic rings. The molecular weight excluding hydrogens is 448 g/mol. The summed E-state index contributed by atoms with van der Waals surface area (Å²) in [6.45, 7) is 3.18. The van der Waals surface area contributed by atoms with Crippen LogP contribution < -0.4 is 10.2 Å². The fourth-order valence-corrected chi connectivity index (χ4v) is 4.39. The smallest absolute Gasteiger partial charge is 0.322 e. The molecule has 11 heteroatoms. The van der Waals surface area contributed by atoms with Crippen molar-refractivity contribution in [2.24, 2.45) is 0 Å². The van der Waals surface area contributed by atoms with Gasteiger partial charge < -0.3 is 4.42 Å². The summed E-state index contributed by atoms with van der Waals surface area (Å²) in [7, 11) is -3.49. The third-order valence-electron chi connectivity index (χ3n) is 5.09. The fraction of sp³-hybridized carbons (Fsp3) is 0.227. The summed E-state index contributed by atoms with van der Waals surface area (Å²) in [5.74, 6) is -1.18. The molecular formula is C22H20N4O6S. The van der Waals surface area contributed by atoms with E-state index in [1.165, 1.54) is 24.3 Å². The normalized spacial score (nSPS) is 14.2. The Balaban J connectivity index is 1.53. The molecule has 0 atom stereocenters. The van der Waals surface area contributed by atoms with Gasteiger partial charge in [0.05, 0.1) is 15.8 Å². The maximum atomic E-state index is 12.6. The summed E-state index contributed by atoms with van der Waals surface area (Å²) in [5.41, 5.74) is 0.882. The number of carbonyl (C=O) groups excluding carboxylic acids is 3. The molecule has 0 aliphatic carbocycles. The van der Waals surface area contributed by atoms with Crippen LogP contribution in [0, 0.1) is 0 Å². The number of hydrogen-bond donors (Lipinski definition) is 1. The van der Waals surface area contributed by atoms with Gasteiger partial charge in [0.1, 0.15) is 0 Å². The molecule has 0 bridgehead atoms. The number of nitrogens with one attached hydrogen (secondary N) is 1. The fourth-order valence-electron chi connectivity index (χ4n) is 3.29. The molecule has 2 aromatic carbocycles. The molecule has 0 saturated carbocycles. The molecule has 0 unspecified atom stereocenters. The van der Waals surface area contributed by atoms with Crippen LogP contribution in [-0.2, 0) is 19.4 Å². The van der Waals surface area contributed by atoms with E-state index in [1.54, 1.807) is 38.1 Å². The van der Waals surface area contributed by atoms with Gasteiger partial charge in [-0.25, -0.2) is 8.42 Å². The first kappa shape index (κ1) is 22.3. The van der Waals surface area contributed by atoms with E-state index in [-0.39, 0.29) is 47.0 Å². The SMILES string of the molecule is CC(C)S(=O)(=O)c1cccc(-c2nnc(NC(=O)c3cccc(N4C(=O)CCC4=O)c3)o2)c1. The Kier molecular flexibility index (Phi) is 5.81. The monoisotopic (exact) mass is 468 g/mol. The van der Waals surface area contributed by atoms with E-state index in [4.69, 9.17) is 4.42 Å². The maximum Gasteiger partial charge on any atom is 0.322 e. The maximum absolute atomic E-state index is 12.6. The Morgan fingerprint density at radius 3 is 2.42 bits per heavy atom. The van der Waals surface area contributed by atoms with E-state index in [2.05, 4.69) is 15.5 Å². The highest BCUT2D eigenvalue weighted by Gasteiger charge is 2.30. The summed E-state index contributed by atoms with van der Waals surface area (Å²) in [6.07, 6.45) is 0.277. The van der Waals surface area contributed by atoms with Crippen LogP contribution in [0.25, 0.3) is 11.5 Å². The van der Waals surface area contributed by atoms with Gasteiger partial charge in [-0.05, 0) is 50.2 Å². The molecule has 1 aromatic heterocycles. The molecule has 10 nitrogen and oxygen atoms in total. The molecule has 0 radical (unpaired) electrons. The van der Waals surface area contributed by atoms with Crippen molar-refractivity contribution in [1.29, 1.82) is 0 Å². The zero-order valence-electron chi connectivity index (χ0n) is 17.8. The van der Waals surface area contributed by atoms with E-state index >= 15 is 0 Å². The molecule has 3 amide bonds. The molecule has 2 heterocycles. The summed E-state index contributed by atoms with van der Waals surface area (Å²) < 4.78 is 30.3. The van der Waals surface area contributed by atoms with Gasteiger partial charge in [0, 0.05) is 24.0 Å². The first-order valence-electron chi connectivity index (χ1n) is 10.1. The van der Waals surface area contributed by atoms with Crippen molar-refractivity contribution in [3.8, 4) is 11.5 Å². The molecule has 1 N–H and O–H groups in total. The van der Waals surface area contributed by atoms with Gasteiger partial charge in [-0.15, -0.1) is 5.10 Å². The van der Waals surface area contributed by atoms with E-state index in [0.29, 0.717) is 11.3 Å². The van der Waals surface area contributed by atoms with E-state index in [1.807, 2.05) is 0 Å². The Morgan fingerprint density at radius 2 is 1.73 bits per heavy atom. The van der Waals surface area contributed by atoms with Crippen molar-refractivity contribution in [2.75, 3.05) is 10.2 Å². The highest BCUT2D eigenvalue weighted by atomic mass is 32.2. The zero-order chi connectivity index (χ0) is 23.8. The second-order valence-electron chi connectivity index (χ2n) is 7.66. The van der Waals surface area contributed by atoms with Crippen LogP contribution in [0.3, 0.4) is 0 Å². The molecule has 4 rings (SSSR count). The van der Waals surface area contributed by atoms with Gasteiger partial charge >= 0.3 is 6.01 Å². The summed E-state index contributed by atoms with van der Waals surface area (Å²) >= 11 is 0. The number of imide groups is 1. The lowest BCUT2D eigenvalue weighted by atomic mass is 10.2. The predicted molar refractivity (Wildman–Crippen MR) is 118 cm³/mol. The highest BCUT2D eigenvalue weighted by molar-refractivity contribution is 7.92. The molecule has 1 aliphatic heterocycles. The summed E-state index contributed by atoms with van der Waals surface area (Å²) in [5, 5.41) is 9.55. The van der Waals surface area contributed by atoms with Crippen LogP contribution in [0.4, 0.5) is 11.7 Å². The number of nitrogens with zero attached hydrogens (tertiary/aromatic N) is 3. The van der Waals surface area contributed by atoms with Crippen LogP contribution in [0.2, 0.25) is 0 Å². The standard InChI is InChI=1S/C22H20N4O6S/c1-13(2)33(30,31)17-8-4-6-15(12-17)21-24-25-22(32-21)23-20(29)14-5-3-7-16(11-14)26-18(27)9-10-19(26)28/h3-8,11-13H,9-10H2,1-2H3,(H,23,25,29). The average Bonchev–Trinajstić information content (AvgIpc) is 3.39. The molecule has 1 aliphatic rings. The molecule has 1 fully saturated rings. The Bertz CT molecular complexity index is 1350. The Hall–Kier alpha value is -3.86. The van der Waals surface area contributed by atoms with Gasteiger partial charge in [0.15, 0.2) is 9.84 Å². The minimum absolute atomic E-state index is 0.0353. The number of aromatic nitrogens is 2. The summed E-state index contributed by atoms with van der Waals surface area (Å²) in [4.78, 5) is 37.7. The summed E-state index contributed by atoms with van der Waals surface area (Å²) in [6, 6.07) is 12.0. The number of benzene rings is 2. The molecule has 33 heavy (non-hydrogen) atoms. The molecule has 170 valence electrons. The van der Waals surface area contributed by atoms with Crippen molar-refractivity contribution in [3.05, 3.63) is 54.1 Å². The van der Waals surface area contributed by atoms with Crippen LogP contribution in [-0.4, -0.2) is 41.6 Å².